The van der Waals surface area contributed by atoms with E-state index in [1.807, 2.05) is 60.5 Å². The number of amides is 2. The molecule has 3 rings (SSSR count). The number of nitrogens with zero attached hydrogens (tertiary/aromatic N) is 2. The van der Waals surface area contributed by atoms with E-state index in [2.05, 4.69) is 5.32 Å². The first kappa shape index (κ1) is 20.9. The highest BCUT2D eigenvalue weighted by Gasteiger charge is 2.16. The molecular weight excluding hydrogens is 378 g/mol. The van der Waals surface area contributed by atoms with E-state index in [0.717, 1.165) is 11.4 Å². The van der Waals surface area contributed by atoms with Crippen LogP contribution in [0.2, 0.25) is 0 Å². The summed E-state index contributed by atoms with van der Waals surface area (Å²) in [6, 6.07) is 24.4. The first-order valence-electron chi connectivity index (χ1n) is 9.71. The molecule has 3 aromatic carbocycles. The van der Waals surface area contributed by atoms with Gasteiger partial charge in [-0.25, -0.2) is 4.79 Å². The standard InChI is InChI=1S/C24H25N3O3/c1-4-30-24(29)27(3)20-16-14-18(15-17-20)25-23(28)21-12-8-9-13-22(21)26(2)19-10-6-5-7-11-19/h5-17H,4H2,1-3H3,(H,25,28). The summed E-state index contributed by atoms with van der Waals surface area (Å²) in [6.45, 7) is 2.07. The van der Waals surface area contributed by atoms with E-state index >= 15 is 0 Å². The monoisotopic (exact) mass is 403 g/mol. The molecular formula is C24H25N3O3. The highest BCUT2D eigenvalue weighted by Crippen LogP contribution is 2.27. The number of nitrogens with one attached hydrogen (secondary N) is 1. The fourth-order valence-electron chi connectivity index (χ4n) is 3.04. The first-order valence-corrected chi connectivity index (χ1v) is 9.71. The van der Waals surface area contributed by atoms with E-state index in [9.17, 15) is 9.59 Å². The molecule has 6 nitrogen and oxygen atoms in total. The zero-order valence-corrected chi connectivity index (χ0v) is 17.3. The van der Waals surface area contributed by atoms with Gasteiger partial charge in [0.1, 0.15) is 0 Å². The minimum Gasteiger partial charge on any atom is -0.449 e. The molecule has 0 aliphatic rings. The third-order valence-electron chi connectivity index (χ3n) is 4.71. The van der Waals surface area contributed by atoms with Crippen LogP contribution in [-0.2, 0) is 4.74 Å². The Labute approximate surface area is 176 Å². The van der Waals surface area contributed by atoms with Crippen LogP contribution < -0.4 is 15.1 Å². The third-order valence-corrected chi connectivity index (χ3v) is 4.71. The average Bonchev–Trinajstić information content (AvgIpc) is 2.79. The van der Waals surface area contributed by atoms with Gasteiger partial charge in [0.2, 0.25) is 0 Å². The SMILES string of the molecule is CCOC(=O)N(C)c1ccc(NC(=O)c2ccccc2N(C)c2ccccc2)cc1. The number of carbonyl (C=O) groups is 2. The van der Waals surface area contributed by atoms with Crippen LogP contribution in [0.4, 0.5) is 27.5 Å². The highest BCUT2D eigenvalue weighted by molar-refractivity contribution is 6.08. The van der Waals surface area contributed by atoms with Crippen LogP contribution in [0.15, 0.2) is 78.9 Å². The van der Waals surface area contributed by atoms with Crippen molar-refractivity contribution in [2.45, 2.75) is 6.92 Å². The fraction of sp³-hybridized carbons (Fsp3) is 0.167. The van der Waals surface area contributed by atoms with Crippen LogP contribution in [0, 0.1) is 0 Å². The van der Waals surface area contributed by atoms with Gasteiger partial charge >= 0.3 is 6.09 Å². The summed E-state index contributed by atoms with van der Waals surface area (Å²) in [5, 5.41) is 2.93. The first-order chi connectivity index (χ1) is 14.5. The maximum atomic E-state index is 13.0. The molecule has 6 heteroatoms. The minimum absolute atomic E-state index is 0.208. The number of hydrogen-bond donors (Lipinski definition) is 1. The van der Waals surface area contributed by atoms with Gasteiger partial charge in [-0.15, -0.1) is 0 Å². The van der Waals surface area contributed by atoms with E-state index in [1.165, 1.54) is 4.90 Å². The Morgan fingerprint density at radius 2 is 1.47 bits per heavy atom. The molecule has 0 aliphatic heterocycles. The molecule has 0 radical (unpaired) electrons. The summed E-state index contributed by atoms with van der Waals surface area (Å²) in [5.41, 5.74) is 3.68. The lowest BCUT2D eigenvalue weighted by Crippen LogP contribution is -2.26. The van der Waals surface area contributed by atoms with Crippen LogP contribution in [0.3, 0.4) is 0 Å². The maximum Gasteiger partial charge on any atom is 0.413 e. The molecule has 0 saturated carbocycles. The Morgan fingerprint density at radius 1 is 0.833 bits per heavy atom. The number of ether oxygens (including phenoxy) is 1. The van der Waals surface area contributed by atoms with Crippen molar-refractivity contribution in [3.8, 4) is 0 Å². The Bertz CT molecular complexity index is 1000. The predicted octanol–water partition coefficient (Wildman–Crippen LogP) is 5.30. The molecule has 30 heavy (non-hydrogen) atoms. The van der Waals surface area contributed by atoms with Gasteiger partial charge < -0.3 is 15.0 Å². The highest BCUT2D eigenvalue weighted by atomic mass is 16.6. The summed E-state index contributed by atoms with van der Waals surface area (Å²) in [4.78, 5) is 28.2. The lowest BCUT2D eigenvalue weighted by molar-refractivity contribution is 0.102. The number of para-hydroxylation sites is 2. The Morgan fingerprint density at radius 3 is 2.13 bits per heavy atom. The molecule has 3 aromatic rings. The van der Waals surface area contributed by atoms with E-state index in [1.54, 1.807) is 44.3 Å². The van der Waals surface area contributed by atoms with Crippen LogP contribution in [0.1, 0.15) is 17.3 Å². The van der Waals surface area contributed by atoms with Crippen molar-refractivity contribution in [1.82, 2.24) is 0 Å². The van der Waals surface area contributed by atoms with Crippen molar-refractivity contribution >= 4 is 34.7 Å². The van der Waals surface area contributed by atoms with E-state index in [-0.39, 0.29) is 5.91 Å². The lowest BCUT2D eigenvalue weighted by atomic mass is 10.1. The second-order valence-corrected chi connectivity index (χ2v) is 6.67. The molecule has 0 fully saturated rings. The van der Waals surface area contributed by atoms with Gasteiger partial charge in [-0.05, 0) is 55.5 Å². The van der Waals surface area contributed by atoms with Crippen LogP contribution >= 0.6 is 0 Å². The Kier molecular flexibility index (Phi) is 6.70. The Balaban J connectivity index is 1.76. The normalized spacial score (nSPS) is 10.2. The number of carbonyl (C=O) groups excluding carboxylic acids is 2. The zero-order valence-electron chi connectivity index (χ0n) is 17.3. The molecule has 1 N–H and O–H groups in total. The van der Waals surface area contributed by atoms with Crippen molar-refractivity contribution in [2.24, 2.45) is 0 Å². The summed E-state index contributed by atoms with van der Waals surface area (Å²) in [6.07, 6.45) is -0.424. The van der Waals surface area contributed by atoms with Crippen molar-refractivity contribution in [3.63, 3.8) is 0 Å². The van der Waals surface area contributed by atoms with Crippen LogP contribution in [0.25, 0.3) is 0 Å². The minimum atomic E-state index is -0.424. The Hall–Kier alpha value is -3.80. The third kappa shape index (κ3) is 4.78. The van der Waals surface area contributed by atoms with Gasteiger partial charge in [-0.1, -0.05) is 30.3 Å². The number of hydrogen-bond acceptors (Lipinski definition) is 4. The quantitative estimate of drug-likeness (QED) is 0.607. The smallest absolute Gasteiger partial charge is 0.413 e. The van der Waals surface area contributed by atoms with Crippen molar-refractivity contribution < 1.29 is 14.3 Å². The van der Waals surface area contributed by atoms with Crippen LogP contribution in [0.5, 0.6) is 0 Å². The van der Waals surface area contributed by atoms with Crippen molar-refractivity contribution in [2.75, 3.05) is 35.8 Å². The number of anilines is 4. The molecule has 0 bridgehead atoms. The molecule has 0 aromatic heterocycles. The number of rotatable bonds is 6. The molecule has 0 unspecified atom stereocenters. The number of benzene rings is 3. The van der Waals surface area contributed by atoms with Gasteiger partial charge in [0.05, 0.1) is 17.9 Å². The summed E-state index contributed by atoms with van der Waals surface area (Å²) in [5.74, 6) is -0.208. The fourth-order valence-corrected chi connectivity index (χ4v) is 3.04. The van der Waals surface area contributed by atoms with Gasteiger partial charge in [0.15, 0.2) is 0 Å². The van der Waals surface area contributed by atoms with E-state index < -0.39 is 6.09 Å². The van der Waals surface area contributed by atoms with E-state index in [4.69, 9.17) is 4.74 Å². The molecule has 0 atom stereocenters. The topological polar surface area (TPSA) is 61.9 Å². The van der Waals surface area contributed by atoms with Gasteiger partial charge in [0.25, 0.3) is 5.91 Å². The van der Waals surface area contributed by atoms with Gasteiger partial charge in [0, 0.05) is 31.2 Å². The molecule has 0 saturated heterocycles. The molecule has 0 heterocycles. The average molecular weight is 403 g/mol. The zero-order chi connectivity index (χ0) is 21.5. The van der Waals surface area contributed by atoms with Crippen molar-refractivity contribution in [3.05, 3.63) is 84.4 Å². The largest absolute Gasteiger partial charge is 0.449 e. The molecule has 0 spiro atoms. The summed E-state index contributed by atoms with van der Waals surface area (Å²) < 4.78 is 5.00. The molecule has 0 aliphatic carbocycles. The van der Waals surface area contributed by atoms with Crippen LogP contribution in [-0.4, -0.2) is 32.7 Å². The maximum absolute atomic E-state index is 13.0. The van der Waals surface area contributed by atoms with E-state index in [0.29, 0.717) is 23.5 Å². The van der Waals surface area contributed by atoms with Gasteiger partial charge in [-0.3, -0.25) is 9.69 Å². The molecule has 154 valence electrons. The van der Waals surface area contributed by atoms with Gasteiger partial charge in [-0.2, -0.15) is 0 Å². The lowest BCUT2D eigenvalue weighted by Gasteiger charge is -2.22. The van der Waals surface area contributed by atoms with Crippen molar-refractivity contribution in [1.29, 1.82) is 0 Å². The summed E-state index contributed by atoms with van der Waals surface area (Å²) in [7, 11) is 3.57. The predicted molar refractivity (Wildman–Crippen MR) is 121 cm³/mol. The second-order valence-electron chi connectivity index (χ2n) is 6.67. The summed E-state index contributed by atoms with van der Waals surface area (Å²) >= 11 is 0. The second kappa shape index (κ2) is 9.60. The molecule has 2 amide bonds.